The molecule has 0 aliphatic heterocycles. The van der Waals surface area contributed by atoms with E-state index in [1.54, 1.807) is 30.3 Å². The lowest BCUT2D eigenvalue weighted by Crippen LogP contribution is -2.33. The average molecular weight is 437 g/mol. The first-order valence-corrected chi connectivity index (χ1v) is 9.79. The first kappa shape index (κ1) is 18.4. The Labute approximate surface area is 170 Å². The molecule has 3 aromatic rings. The van der Waals surface area contributed by atoms with E-state index >= 15 is 0 Å². The zero-order valence-corrected chi connectivity index (χ0v) is 16.5. The summed E-state index contributed by atoms with van der Waals surface area (Å²) in [6.07, 6.45) is 1.74. The van der Waals surface area contributed by atoms with Crippen LogP contribution in [0.15, 0.2) is 69.9 Å². The van der Waals surface area contributed by atoms with Crippen LogP contribution in [0, 0.1) is 0 Å². The quantitative estimate of drug-likeness (QED) is 0.662. The number of halogens is 1. The number of anilines is 1. The molecule has 4 rings (SSSR count). The van der Waals surface area contributed by atoms with Gasteiger partial charge in [0.1, 0.15) is 5.56 Å². The van der Waals surface area contributed by atoms with Crippen molar-refractivity contribution in [2.24, 2.45) is 0 Å². The third-order valence-electron chi connectivity index (χ3n) is 4.80. The van der Waals surface area contributed by atoms with Crippen molar-refractivity contribution in [3.8, 4) is 5.69 Å². The maximum Gasteiger partial charge on any atom is 0.268 e. The van der Waals surface area contributed by atoms with Gasteiger partial charge in [-0.2, -0.15) is 0 Å². The van der Waals surface area contributed by atoms with Crippen molar-refractivity contribution in [2.75, 3.05) is 5.32 Å². The summed E-state index contributed by atoms with van der Waals surface area (Å²) in [6.45, 7) is 0. The first-order valence-electron chi connectivity index (χ1n) is 8.99. The Morgan fingerprint density at radius 3 is 2.43 bits per heavy atom. The number of para-hydroxylation sites is 2. The van der Waals surface area contributed by atoms with Gasteiger partial charge in [0.05, 0.1) is 5.69 Å². The normalized spacial score (nSPS) is 13.1. The smallest absolute Gasteiger partial charge is 0.268 e. The van der Waals surface area contributed by atoms with Crippen LogP contribution >= 0.6 is 15.9 Å². The van der Waals surface area contributed by atoms with Crippen molar-refractivity contribution < 1.29 is 9.59 Å². The molecule has 1 aliphatic carbocycles. The number of pyridine rings is 1. The van der Waals surface area contributed by atoms with Gasteiger partial charge in [0, 0.05) is 27.8 Å². The van der Waals surface area contributed by atoms with Crippen molar-refractivity contribution in [1.29, 1.82) is 0 Å². The molecule has 28 heavy (non-hydrogen) atoms. The molecule has 1 heterocycles. The van der Waals surface area contributed by atoms with Crippen molar-refractivity contribution in [3.05, 3.63) is 92.3 Å². The number of nitrogens with zero attached hydrogens (tertiary/aromatic N) is 1. The second-order valence-corrected chi connectivity index (χ2v) is 7.46. The van der Waals surface area contributed by atoms with Crippen LogP contribution < -0.4 is 10.9 Å². The summed E-state index contributed by atoms with van der Waals surface area (Å²) in [5.41, 5.74) is 1.85. The predicted molar refractivity (Wildman–Crippen MR) is 111 cm³/mol. The molecule has 0 saturated carbocycles. The van der Waals surface area contributed by atoms with Crippen LogP contribution in [0.25, 0.3) is 5.69 Å². The minimum atomic E-state index is -0.539. The fraction of sp³-hybridized carbons (Fsp3) is 0.136. The number of amides is 1. The van der Waals surface area contributed by atoms with Gasteiger partial charge in [-0.05, 0) is 59.1 Å². The van der Waals surface area contributed by atoms with Gasteiger partial charge >= 0.3 is 0 Å². The van der Waals surface area contributed by atoms with Gasteiger partial charge in [-0.15, -0.1) is 0 Å². The van der Waals surface area contributed by atoms with Gasteiger partial charge in [-0.3, -0.25) is 19.0 Å². The van der Waals surface area contributed by atoms with Crippen LogP contribution in [-0.4, -0.2) is 16.3 Å². The van der Waals surface area contributed by atoms with E-state index in [4.69, 9.17) is 0 Å². The van der Waals surface area contributed by atoms with Crippen molar-refractivity contribution in [3.63, 3.8) is 0 Å². The van der Waals surface area contributed by atoms with Crippen molar-refractivity contribution in [1.82, 2.24) is 4.57 Å². The molecule has 0 bridgehead atoms. The van der Waals surface area contributed by atoms with Crippen LogP contribution in [0.5, 0.6) is 0 Å². The number of fused-ring (bicyclic) bond motifs is 1. The van der Waals surface area contributed by atoms with Crippen molar-refractivity contribution in [2.45, 2.75) is 19.3 Å². The first-order chi connectivity index (χ1) is 13.6. The predicted octanol–water partition coefficient (Wildman–Crippen LogP) is 4.37. The van der Waals surface area contributed by atoms with Gasteiger partial charge in [0.25, 0.3) is 11.5 Å². The number of hydrogen-bond donors (Lipinski definition) is 1. The fourth-order valence-electron chi connectivity index (χ4n) is 3.46. The van der Waals surface area contributed by atoms with Gasteiger partial charge in [-0.1, -0.05) is 30.3 Å². The summed E-state index contributed by atoms with van der Waals surface area (Å²) in [6, 6.07) is 17.7. The minimum Gasteiger partial charge on any atom is -0.321 e. The monoisotopic (exact) mass is 436 g/mol. The Kier molecular flexibility index (Phi) is 4.96. The number of hydrogen-bond acceptors (Lipinski definition) is 3. The molecule has 140 valence electrons. The summed E-state index contributed by atoms with van der Waals surface area (Å²) in [5.74, 6) is -0.580. The number of carbonyl (C=O) groups excluding carboxylic acids is 2. The maximum atomic E-state index is 13.2. The fourth-order valence-corrected chi connectivity index (χ4v) is 3.84. The topological polar surface area (TPSA) is 68.2 Å². The van der Waals surface area contributed by atoms with Gasteiger partial charge in [0.15, 0.2) is 5.78 Å². The standard InChI is InChI=1S/C22H17BrN2O3/c23-17-9-4-5-10-18(17)24-21(27)16-13-15-19(11-6-12-20(15)26)25(22(16)28)14-7-2-1-3-8-14/h1-5,7-10,13H,6,11-12H2,(H,24,27). The summed E-state index contributed by atoms with van der Waals surface area (Å²) < 4.78 is 2.21. The summed E-state index contributed by atoms with van der Waals surface area (Å²) in [4.78, 5) is 38.7. The molecule has 0 unspecified atom stereocenters. The van der Waals surface area contributed by atoms with Gasteiger partial charge < -0.3 is 5.32 Å². The van der Waals surface area contributed by atoms with E-state index < -0.39 is 11.5 Å². The number of ketones is 1. The second kappa shape index (κ2) is 7.56. The summed E-state index contributed by atoms with van der Waals surface area (Å²) >= 11 is 3.38. The molecule has 1 aliphatic rings. The third-order valence-corrected chi connectivity index (χ3v) is 5.49. The Morgan fingerprint density at radius 2 is 1.68 bits per heavy atom. The zero-order chi connectivity index (χ0) is 19.7. The highest BCUT2D eigenvalue weighted by Gasteiger charge is 2.26. The number of aromatic nitrogens is 1. The number of carbonyl (C=O) groups is 2. The number of rotatable bonds is 3. The lowest BCUT2D eigenvalue weighted by Gasteiger charge is -2.21. The summed E-state index contributed by atoms with van der Waals surface area (Å²) in [5, 5.41) is 2.76. The summed E-state index contributed by atoms with van der Waals surface area (Å²) in [7, 11) is 0. The number of nitrogens with one attached hydrogen (secondary N) is 1. The molecule has 0 fully saturated rings. The van der Waals surface area contributed by atoms with E-state index in [2.05, 4.69) is 21.2 Å². The molecule has 0 spiro atoms. The molecule has 2 aromatic carbocycles. The highest BCUT2D eigenvalue weighted by molar-refractivity contribution is 9.10. The lowest BCUT2D eigenvalue weighted by molar-refractivity contribution is 0.0971. The van der Waals surface area contributed by atoms with E-state index in [0.717, 1.165) is 0 Å². The van der Waals surface area contributed by atoms with Crippen molar-refractivity contribution >= 4 is 33.3 Å². The Bertz CT molecular complexity index is 1140. The molecule has 0 saturated heterocycles. The van der Waals surface area contributed by atoms with E-state index in [1.165, 1.54) is 10.6 Å². The van der Waals surface area contributed by atoms with Crippen LogP contribution in [-0.2, 0) is 6.42 Å². The third kappa shape index (κ3) is 3.31. The SMILES string of the molecule is O=C1CCCc2c1cc(C(=O)Nc1ccccc1Br)c(=O)n2-c1ccccc1. The Hall–Kier alpha value is -2.99. The molecular weight excluding hydrogens is 420 g/mol. The van der Waals surface area contributed by atoms with E-state index in [0.29, 0.717) is 46.4 Å². The van der Waals surface area contributed by atoms with Crippen LogP contribution in [0.4, 0.5) is 5.69 Å². The molecular formula is C22H17BrN2O3. The molecule has 0 atom stereocenters. The molecule has 6 heteroatoms. The number of benzene rings is 2. The number of Topliss-reactive ketones (excluding diaryl/α,β-unsaturated/α-hetero) is 1. The molecule has 1 amide bonds. The Balaban J connectivity index is 1.88. The minimum absolute atomic E-state index is 0.0409. The zero-order valence-electron chi connectivity index (χ0n) is 14.9. The van der Waals surface area contributed by atoms with Gasteiger partial charge in [-0.25, -0.2) is 0 Å². The van der Waals surface area contributed by atoms with Crippen LogP contribution in [0.1, 0.15) is 39.3 Å². The highest BCUT2D eigenvalue weighted by Crippen LogP contribution is 2.25. The van der Waals surface area contributed by atoms with Crippen LogP contribution in [0.3, 0.4) is 0 Å². The lowest BCUT2D eigenvalue weighted by atomic mass is 9.92. The van der Waals surface area contributed by atoms with Gasteiger partial charge in [0.2, 0.25) is 0 Å². The molecule has 1 N–H and O–H groups in total. The van der Waals surface area contributed by atoms with E-state index in [-0.39, 0.29) is 11.3 Å². The van der Waals surface area contributed by atoms with E-state index in [9.17, 15) is 14.4 Å². The molecule has 5 nitrogen and oxygen atoms in total. The second-order valence-electron chi connectivity index (χ2n) is 6.61. The van der Waals surface area contributed by atoms with E-state index in [1.807, 2.05) is 24.3 Å². The molecule has 0 radical (unpaired) electrons. The largest absolute Gasteiger partial charge is 0.321 e. The van der Waals surface area contributed by atoms with Crippen LogP contribution in [0.2, 0.25) is 0 Å². The Morgan fingerprint density at radius 1 is 0.964 bits per heavy atom. The maximum absolute atomic E-state index is 13.2. The highest BCUT2D eigenvalue weighted by atomic mass is 79.9. The average Bonchev–Trinajstić information content (AvgIpc) is 2.70. The molecule has 1 aromatic heterocycles.